The van der Waals surface area contributed by atoms with Crippen LogP contribution in [0, 0.1) is 5.92 Å². The van der Waals surface area contributed by atoms with Crippen LogP contribution in [-0.4, -0.2) is 26.4 Å². The summed E-state index contributed by atoms with van der Waals surface area (Å²) >= 11 is 0. The first-order valence-corrected chi connectivity index (χ1v) is 10.6. The number of carbonyl (C=O) groups excluding carboxylic acids is 2. The standard InChI is InChI=1S/C20H21F3N2O4S/c1-14(11-15-5-3-2-4-6-15)18(26)25-30(28,29)13-17-9-7-16(8-10-17)12-24-19(27)20(21,22)23/h2-10,14H,11-13H2,1H3,(H,24,27)(H,25,26)/t14-/m0/s1. The smallest absolute Gasteiger partial charge is 0.344 e. The average Bonchev–Trinajstić information content (AvgIpc) is 2.66. The van der Waals surface area contributed by atoms with Crippen molar-refractivity contribution in [3.05, 3.63) is 71.3 Å². The molecule has 0 aromatic heterocycles. The Morgan fingerprint density at radius 3 is 2.07 bits per heavy atom. The van der Waals surface area contributed by atoms with Crippen molar-refractivity contribution in [2.24, 2.45) is 5.92 Å². The van der Waals surface area contributed by atoms with Crippen LogP contribution in [0.1, 0.15) is 23.6 Å². The largest absolute Gasteiger partial charge is 0.471 e. The SMILES string of the molecule is C[C@@H](Cc1ccccc1)C(=O)NS(=O)(=O)Cc1ccc(CNC(=O)C(F)(F)F)cc1. The first-order chi connectivity index (χ1) is 14.0. The van der Waals surface area contributed by atoms with Crippen LogP contribution in [0.3, 0.4) is 0 Å². The summed E-state index contributed by atoms with van der Waals surface area (Å²) in [7, 11) is -3.95. The predicted octanol–water partition coefficient (Wildman–Crippen LogP) is 2.69. The van der Waals surface area contributed by atoms with Crippen LogP contribution in [0.2, 0.25) is 0 Å². The number of rotatable bonds is 8. The Balaban J connectivity index is 1.90. The highest BCUT2D eigenvalue weighted by atomic mass is 32.2. The number of sulfonamides is 1. The van der Waals surface area contributed by atoms with E-state index >= 15 is 0 Å². The molecule has 6 nitrogen and oxygen atoms in total. The van der Waals surface area contributed by atoms with Crippen LogP contribution in [0.5, 0.6) is 0 Å². The lowest BCUT2D eigenvalue weighted by Gasteiger charge is -2.13. The van der Waals surface area contributed by atoms with E-state index in [1.54, 1.807) is 12.2 Å². The number of carbonyl (C=O) groups is 2. The Morgan fingerprint density at radius 2 is 1.50 bits per heavy atom. The molecular weight excluding hydrogens is 421 g/mol. The van der Waals surface area contributed by atoms with E-state index in [-0.39, 0.29) is 6.54 Å². The van der Waals surface area contributed by atoms with Crippen molar-refractivity contribution >= 4 is 21.8 Å². The lowest BCUT2D eigenvalue weighted by atomic mass is 10.0. The van der Waals surface area contributed by atoms with Gasteiger partial charge in [-0.1, -0.05) is 61.5 Å². The fraction of sp³-hybridized carbons (Fsp3) is 0.300. The predicted molar refractivity (Wildman–Crippen MR) is 104 cm³/mol. The van der Waals surface area contributed by atoms with E-state index in [1.807, 2.05) is 35.1 Å². The molecule has 0 saturated heterocycles. The topological polar surface area (TPSA) is 92.3 Å². The summed E-state index contributed by atoms with van der Waals surface area (Å²) in [5.74, 6) is -3.69. The summed E-state index contributed by atoms with van der Waals surface area (Å²) < 4.78 is 63.1. The van der Waals surface area contributed by atoms with Crippen molar-refractivity contribution < 1.29 is 31.2 Å². The third-order valence-corrected chi connectivity index (χ3v) is 5.40. The molecule has 2 N–H and O–H groups in total. The van der Waals surface area contributed by atoms with Crippen LogP contribution in [0.25, 0.3) is 0 Å². The van der Waals surface area contributed by atoms with Crippen molar-refractivity contribution in [3.8, 4) is 0 Å². The maximum Gasteiger partial charge on any atom is 0.471 e. The molecule has 162 valence electrons. The molecule has 30 heavy (non-hydrogen) atoms. The van der Waals surface area contributed by atoms with E-state index in [2.05, 4.69) is 0 Å². The Kier molecular flexibility index (Phi) is 7.60. The number of hydrogen-bond acceptors (Lipinski definition) is 4. The van der Waals surface area contributed by atoms with Gasteiger partial charge >= 0.3 is 12.1 Å². The maximum atomic E-state index is 12.3. The molecule has 0 heterocycles. The van der Waals surface area contributed by atoms with Crippen LogP contribution >= 0.6 is 0 Å². The number of nitrogens with one attached hydrogen (secondary N) is 2. The summed E-state index contributed by atoms with van der Waals surface area (Å²) in [4.78, 5) is 23.0. The van der Waals surface area contributed by atoms with Gasteiger partial charge in [-0.25, -0.2) is 8.42 Å². The van der Waals surface area contributed by atoms with E-state index in [0.29, 0.717) is 17.5 Å². The van der Waals surface area contributed by atoms with Crippen molar-refractivity contribution in [1.29, 1.82) is 0 Å². The third-order valence-electron chi connectivity index (χ3n) is 4.18. The molecule has 2 rings (SSSR count). The highest BCUT2D eigenvalue weighted by Crippen LogP contribution is 2.15. The molecule has 0 unspecified atom stereocenters. The number of benzene rings is 2. The van der Waals surface area contributed by atoms with Crippen molar-refractivity contribution in [2.45, 2.75) is 31.8 Å². The summed E-state index contributed by atoms with van der Waals surface area (Å²) in [6, 6.07) is 14.8. The summed E-state index contributed by atoms with van der Waals surface area (Å²) in [6.07, 6.45) is -4.58. The van der Waals surface area contributed by atoms with Crippen molar-refractivity contribution in [1.82, 2.24) is 10.0 Å². The van der Waals surface area contributed by atoms with Crippen LogP contribution in [0.4, 0.5) is 13.2 Å². The third kappa shape index (κ3) is 7.51. The van der Waals surface area contributed by atoms with Gasteiger partial charge in [-0.15, -0.1) is 0 Å². The van der Waals surface area contributed by atoms with Crippen LogP contribution in [-0.2, 0) is 38.3 Å². The number of hydrogen-bond donors (Lipinski definition) is 2. The fourth-order valence-electron chi connectivity index (χ4n) is 2.61. The molecule has 0 aliphatic carbocycles. The summed E-state index contributed by atoms with van der Waals surface area (Å²) in [5, 5.41) is 1.73. The molecular formula is C20H21F3N2O4S. The minimum atomic E-state index is -4.97. The highest BCUT2D eigenvalue weighted by molar-refractivity contribution is 7.89. The van der Waals surface area contributed by atoms with Gasteiger partial charge in [-0.2, -0.15) is 13.2 Å². The van der Waals surface area contributed by atoms with Crippen molar-refractivity contribution in [3.63, 3.8) is 0 Å². The molecule has 0 saturated carbocycles. The summed E-state index contributed by atoms with van der Waals surface area (Å²) in [6.45, 7) is 1.28. The van der Waals surface area contributed by atoms with Gasteiger partial charge < -0.3 is 5.32 Å². The van der Waals surface area contributed by atoms with Gasteiger partial charge in [0.2, 0.25) is 15.9 Å². The second-order valence-electron chi connectivity index (χ2n) is 6.81. The Labute approximate surface area is 172 Å². The maximum absolute atomic E-state index is 12.3. The lowest BCUT2D eigenvalue weighted by molar-refractivity contribution is -0.173. The second-order valence-corrected chi connectivity index (χ2v) is 8.54. The van der Waals surface area contributed by atoms with E-state index < -0.39 is 39.7 Å². The summed E-state index contributed by atoms with van der Waals surface area (Å²) in [5.41, 5.74) is 1.62. The van der Waals surface area contributed by atoms with E-state index in [0.717, 1.165) is 5.56 Å². The Bertz CT molecular complexity index is 975. The molecule has 0 aliphatic heterocycles. The quantitative estimate of drug-likeness (QED) is 0.658. The van der Waals surface area contributed by atoms with E-state index in [9.17, 15) is 31.2 Å². The molecule has 0 spiro atoms. The molecule has 0 radical (unpaired) electrons. The Morgan fingerprint density at radius 1 is 0.933 bits per heavy atom. The molecule has 2 aromatic rings. The molecule has 2 aromatic carbocycles. The first kappa shape index (κ1) is 23.4. The number of alkyl halides is 3. The van der Waals surface area contributed by atoms with Crippen molar-refractivity contribution in [2.75, 3.05) is 0 Å². The second kappa shape index (κ2) is 9.75. The monoisotopic (exact) mass is 442 g/mol. The van der Waals surface area contributed by atoms with E-state index in [1.165, 1.54) is 24.3 Å². The van der Waals surface area contributed by atoms with Crippen LogP contribution in [0.15, 0.2) is 54.6 Å². The fourth-order valence-corrected chi connectivity index (χ4v) is 3.82. The molecule has 0 aliphatic rings. The first-order valence-electron chi connectivity index (χ1n) is 8.97. The number of amides is 2. The zero-order valence-electron chi connectivity index (χ0n) is 16.1. The highest BCUT2D eigenvalue weighted by Gasteiger charge is 2.38. The van der Waals surface area contributed by atoms with Gasteiger partial charge in [0.05, 0.1) is 5.75 Å². The van der Waals surface area contributed by atoms with Crippen LogP contribution < -0.4 is 10.0 Å². The molecule has 1 atom stereocenters. The zero-order chi connectivity index (χ0) is 22.4. The van der Waals surface area contributed by atoms with Gasteiger partial charge in [0.25, 0.3) is 0 Å². The zero-order valence-corrected chi connectivity index (χ0v) is 16.9. The lowest BCUT2D eigenvalue weighted by Crippen LogP contribution is -2.36. The average molecular weight is 442 g/mol. The van der Waals surface area contributed by atoms with Gasteiger partial charge in [-0.3, -0.25) is 14.3 Å². The van der Waals surface area contributed by atoms with E-state index in [4.69, 9.17) is 0 Å². The number of halogens is 3. The van der Waals surface area contributed by atoms with Gasteiger partial charge in [0.1, 0.15) is 0 Å². The molecule has 0 bridgehead atoms. The Hall–Kier alpha value is -2.88. The van der Waals surface area contributed by atoms with Gasteiger partial charge in [0.15, 0.2) is 0 Å². The molecule has 0 fully saturated rings. The molecule has 10 heteroatoms. The van der Waals surface area contributed by atoms with Gasteiger partial charge in [-0.05, 0) is 23.1 Å². The molecule has 2 amide bonds. The van der Waals surface area contributed by atoms with Gasteiger partial charge in [0, 0.05) is 12.5 Å². The minimum absolute atomic E-state index is 0.344. The normalized spacial score (nSPS) is 12.8. The minimum Gasteiger partial charge on any atom is -0.344 e.